The topological polar surface area (TPSA) is 54.1 Å². The molecule has 0 saturated heterocycles. The zero-order valence-corrected chi connectivity index (χ0v) is 13.7. The lowest BCUT2D eigenvalue weighted by molar-refractivity contribution is 0.976. The van der Waals surface area contributed by atoms with Gasteiger partial charge in [-0.05, 0) is 36.4 Å². The van der Waals surface area contributed by atoms with E-state index in [4.69, 9.17) is 10.5 Å². The minimum atomic E-state index is 0.0652. The smallest absolute Gasteiger partial charge is 0.129 e. The molecule has 0 N–H and O–H groups in total. The summed E-state index contributed by atoms with van der Waals surface area (Å²) in [5.41, 5.74) is 2.08. The molecule has 0 spiro atoms. The van der Waals surface area contributed by atoms with Crippen LogP contribution < -0.4 is 9.80 Å². The molecule has 2 rings (SSSR count). The van der Waals surface area contributed by atoms with Gasteiger partial charge in [0.15, 0.2) is 0 Å². The summed E-state index contributed by atoms with van der Waals surface area (Å²) in [7, 11) is 3.90. The second-order valence-electron chi connectivity index (χ2n) is 5.12. The van der Waals surface area contributed by atoms with Crippen LogP contribution in [0.5, 0.6) is 0 Å². The van der Waals surface area contributed by atoms with Gasteiger partial charge in [0.25, 0.3) is 0 Å². The van der Waals surface area contributed by atoms with E-state index in [1.165, 1.54) is 6.08 Å². The molecule has 118 valence electrons. The van der Waals surface area contributed by atoms with E-state index in [2.05, 4.69) is 0 Å². The average Bonchev–Trinajstić information content (AvgIpc) is 2.66. The molecule has 0 aromatic heterocycles. The van der Waals surface area contributed by atoms with Crippen molar-refractivity contribution in [3.8, 4) is 12.1 Å². The van der Waals surface area contributed by atoms with Crippen LogP contribution in [0, 0.1) is 22.7 Å². The van der Waals surface area contributed by atoms with Gasteiger partial charge in [0, 0.05) is 25.5 Å². The van der Waals surface area contributed by atoms with Crippen LogP contribution in [0.2, 0.25) is 0 Å². The average molecular weight is 314 g/mol. The maximum atomic E-state index is 8.95. The monoisotopic (exact) mass is 314 g/mol. The molecule has 4 nitrogen and oxygen atoms in total. The Labute approximate surface area is 142 Å². The highest BCUT2D eigenvalue weighted by molar-refractivity contribution is 5.60. The largest absolute Gasteiger partial charge is 0.331 e. The summed E-state index contributed by atoms with van der Waals surface area (Å²) in [4.78, 5) is 4.02. The van der Waals surface area contributed by atoms with Crippen LogP contribution in [-0.2, 0) is 0 Å². The third kappa shape index (κ3) is 4.03. The molecular formula is C20H18N4. The lowest BCUT2D eigenvalue weighted by Gasteiger charge is -2.31. The number of hydrogen-bond donors (Lipinski definition) is 0. The molecule has 24 heavy (non-hydrogen) atoms. The number of allylic oxidation sites excluding steroid dienone is 3. The lowest BCUT2D eigenvalue weighted by Crippen LogP contribution is -2.30. The minimum Gasteiger partial charge on any atom is -0.331 e. The quantitative estimate of drug-likeness (QED) is 0.616. The van der Waals surface area contributed by atoms with Crippen LogP contribution in [0.25, 0.3) is 0 Å². The molecule has 0 aliphatic carbocycles. The highest BCUT2D eigenvalue weighted by atomic mass is 15.3. The summed E-state index contributed by atoms with van der Waals surface area (Å²) in [5.74, 6) is 0.843. The molecule has 4 heteroatoms. The van der Waals surface area contributed by atoms with Crippen molar-refractivity contribution in [2.75, 3.05) is 23.9 Å². The van der Waals surface area contributed by atoms with Crippen molar-refractivity contribution >= 4 is 11.4 Å². The summed E-state index contributed by atoms with van der Waals surface area (Å²) in [5, 5.41) is 17.9. The Bertz CT molecular complexity index is 745. The predicted octanol–water partition coefficient (Wildman–Crippen LogP) is 4.07. The number of hydrogen-bond acceptors (Lipinski definition) is 4. The first-order chi connectivity index (χ1) is 11.7. The minimum absolute atomic E-state index is 0.0652. The van der Waals surface area contributed by atoms with Crippen LogP contribution >= 0.6 is 0 Å². The second-order valence-corrected chi connectivity index (χ2v) is 5.12. The highest BCUT2D eigenvalue weighted by Gasteiger charge is 2.13. The number of benzene rings is 2. The van der Waals surface area contributed by atoms with Crippen molar-refractivity contribution in [1.29, 1.82) is 10.5 Å². The maximum absolute atomic E-state index is 8.95. The number of nitriles is 2. The molecule has 0 bridgehead atoms. The van der Waals surface area contributed by atoms with E-state index in [1.807, 2.05) is 96.7 Å². The molecule has 0 amide bonds. The Hall–Kier alpha value is -3.50. The Morgan fingerprint density at radius 2 is 1.17 bits per heavy atom. The van der Waals surface area contributed by atoms with E-state index >= 15 is 0 Å². The SMILES string of the molecule is CN(C(=CC=C(C#N)C#N)N(C)c1ccccc1)c1ccccc1. The molecule has 0 radical (unpaired) electrons. The van der Waals surface area contributed by atoms with Crippen molar-refractivity contribution in [2.24, 2.45) is 0 Å². The Balaban J connectivity index is 2.46. The van der Waals surface area contributed by atoms with Crippen molar-refractivity contribution in [3.63, 3.8) is 0 Å². The van der Waals surface area contributed by atoms with Gasteiger partial charge in [0.05, 0.1) is 0 Å². The molecule has 0 fully saturated rings. The van der Waals surface area contributed by atoms with E-state index in [-0.39, 0.29) is 5.57 Å². The Morgan fingerprint density at radius 1 is 0.750 bits per heavy atom. The molecule has 0 heterocycles. The van der Waals surface area contributed by atoms with Crippen molar-refractivity contribution < 1.29 is 0 Å². The molecule has 2 aromatic rings. The van der Waals surface area contributed by atoms with Crippen LogP contribution in [0.4, 0.5) is 11.4 Å². The molecular weight excluding hydrogens is 296 g/mol. The first-order valence-electron chi connectivity index (χ1n) is 7.47. The third-order valence-corrected chi connectivity index (χ3v) is 3.61. The van der Waals surface area contributed by atoms with Crippen LogP contribution in [-0.4, -0.2) is 14.1 Å². The van der Waals surface area contributed by atoms with E-state index in [0.29, 0.717) is 0 Å². The Morgan fingerprint density at radius 3 is 1.54 bits per heavy atom. The zero-order valence-electron chi connectivity index (χ0n) is 13.7. The van der Waals surface area contributed by atoms with Gasteiger partial charge in [0.2, 0.25) is 0 Å². The molecule has 2 aromatic carbocycles. The van der Waals surface area contributed by atoms with Gasteiger partial charge in [-0.25, -0.2) is 0 Å². The van der Waals surface area contributed by atoms with Gasteiger partial charge in [-0.2, -0.15) is 10.5 Å². The van der Waals surface area contributed by atoms with Crippen molar-refractivity contribution in [3.05, 3.63) is 84.2 Å². The third-order valence-electron chi connectivity index (χ3n) is 3.61. The lowest BCUT2D eigenvalue weighted by atomic mass is 10.2. The van der Waals surface area contributed by atoms with Crippen LogP contribution in [0.15, 0.2) is 84.2 Å². The molecule has 0 saturated carbocycles. The number of anilines is 2. The second kappa shape index (κ2) is 8.22. The zero-order chi connectivity index (χ0) is 17.4. The first kappa shape index (κ1) is 16.9. The Kier molecular flexibility index (Phi) is 5.77. The van der Waals surface area contributed by atoms with Gasteiger partial charge in [-0.1, -0.05) is 36.4 Å². The fourth-order valence-corrected chi connectivity index (χ4v) is 2.27. The number of nitrogens with zero attached hydrogens (tertiary/aromatic N) is 4. The van der Waals surface area contributed by atoms with E-state index < -0.39 is 0 Å². The van der Waals surface area contributed by atoms with Gasteiger partial charge in [-0.15, -0.1) is 0 Å². The summed E-state index contributed by atoms with van der Waals surface area (Å²) in [6.07, 6.45) is 3.32. The highest BCUT2D eigenvalue weighted by Crippen LogP contribution is 2.23. The van der Waals surface area contributed by atoms with E-state index in [9.17, 15) is 0 Å². The maximum Gasteiger partial charge on any atom is 0.129 e. The fraction of sp³-hybridized carbons (Fsp3) is 0.100. The number of para-hydroxylation sites is 2. The van der Waals surface area contributed by atoms with Crippen molar-refractivity contribution in [2.45, 2.75) is 0 Å². The standard InChI is InChI=1S/C20H18N4/c1-23(18-9-5-3-6-10-18)20(14-13-17(15-21)16-22)24(2)19-11-7-4-8-12-19/h3-14H,1-2H3. The van der Waals surface area contributed by atoms with Crippen LogP contribution in [0.1, 0.15) is 0 Å². The molecule has 0 aliphatic rings. The van der Waals surface area contributed by atoms with Crippen LogP contribution in [0.3, 0.4) is 0 Å². The van der Waals surface area contributed by atoms with Gasteiger partial charge in [-0.3, -0.25) is 0 Å². The van der Waals surface area contributed by atoms with E-state index in [0.717, 1.165) is 17.2 Å². The van der Waals surface area contributed by atoms with Gasteiger partial charge >= 0.3 is 0 Å². The summed E-state index contributed by atoms with van der Waals surface area (Å²) in [6, 6.07) is 23.6. The molecule has 0 unspecified atom stereocenters. The summed E-state index contributed by atoms with van der Waals surface area (Å²) in [6.45, 7) is 0. The predicted molar refractivity (Wildman–Crippen MR) is 97.1 cm³/mol. The summed E-state index contributed by atoms with van der Waals surface area (Å²) >= 11 is 0. The number of rotatable bonds is 5. The van der Waals surface area contributed by atoms with Crippen molar-refractivity contribution in [1.82, 2.24) is 0 Å². The van der Waals surface area contributed by atoms with E-state index in [1.54, 1.807) is 6.08 Å². The first-order valence-corrected chi connectivity index (χ1v) is 7.47. The molecule has 0 atom stereocenters. The molecule has 0 aliphatic heterocycles. The van der Waals surface area contributed by atoms with Gasteiger partial charge < -0.3 is 9.80 Å². The summed E-state index contributed by atoms with van der Waals surface area (Å²) < 4.78 is 0. The van der Waals surface area contributed by atoms with Gasteiger partial charge in [0.1, 0.15) is 23.5 Å². The normalized spacial score (nSPS) is 9.17. The fourth-order valence-electron chi connectivity index (χ4n) is 2.27.